The van der Waals surface area contributed by atoms with Crippen molar-refractivity contribution < 1.29 is 22.7 Å². The Bertz CT molecular complexity index is 962. The number of carbonyl (C=O) groups is 1. The summed E-state index contributed by atoms with van der Waals surface area (Å²) in [4.78, 5) is 16.1. The van der Waals surface area contributed by atoms with Crippen LogP contribution in [0.15, 0.2) is 39.7 Å². The molecule has 3 N–H and O–H groups in total. The van der Waals surface area contributed by atoms with E-state index >= 15 is 0 Å². The van der Waals surface area contributed by atoms with Crippen molar-refractivity contribution in [3.05, 3.63) is 59.2 Å². The molecule has 0 saturated heterocycles. The summed E-state index contributed by atoms with van der Waals surface area (Å²) in [7, 11) is 0. The minimum absolute atomic E-state index is 0.00709. The monoisotopic (exact) mass is 503 g/mol. The number of pyridine rings is 1. The van der Waals surface area contributed by atoms with Gasteiger partial charge in [0.05, 0.1) is 0 Å². The van der Waals surface area contributed by atoms with E-state index in [9.17, 15) is 18.0 Å². The van der Waals surface area contributed by atoms with E-state index in [2.05, 4.69) is 13.5 Å². The van der Waals surface area contributed by atoms with E-state index in [1.165, 1.54) is 30.5 Å². The number of nitrogens with two attached hydrogens (primary N) is 1. The first kappa shape index (κ1) is 19.9. The molecule has 0 fully saturated rings. The molecule has 2 aromatic rings. The van der Waals surface area contributed by atoms with Crippen LogP contribution in [-0.2, 0) is 4.74 Å². The first-order chi connectivity index (χ1) is 13.4. The number of anilines is 1. The van der Waals surface area contributed by atoms with Crippen LogP contribution in [-0.4, -0.2) is 28.0 Å². The Morgan fingerprint density at radius 3 is 2.82 bits per heavy atom. The number of benzene rings is 1. The Labute approximate surface area is 165 Å². The third-order valence-corrected chi connectivity index (χ3v) is 8.28. The summed E-state index contributed by atoms with van der Waals surface area (Å²) in [5, 5.41) is 11.3. The standard InChI is InChI=1S/C17H13F3IN5O2/c18-12-3-2-10(25-15(27)14-4-1-9(6-22)7-24-14)5-11(12)13-8-28-17(23)26-21(13)16(19)20/h1-5,7,13,16H,8H2,(H2,23,26)(H,25,27). The number of hydrogen-bond acceptors (Lipinski definition) is 6. The van der Waals surface area contributed by atoms with Crippen LogP contribution >= 0.6 is 20.1 Å². The summed E-state index contributed by atoms with van der Waals surface area (Å²) < 4.78 is 46.2. The van der Waals surface area contributed by atoms with E-state index in [1.807, 2.05) is 6.07 Å². The van der Waals surface area contributed by atoms with Crippen molar-refractivity contribution in [2.75, 3.05) is 11.9 Å². The van der Waals surface area contributed by atoms with E-state index in [0.29, 0.717) is 5.56 Å². The van der Waals surface area contributed by atoms with Gasteiger partial charge in [-0.2, -0.15) is 0 Å². The van der Waals surface area contributed by atoms with Gasteiger partial charge in [-0.1, -0.05) is 0 Å². The number of ether oxygens (including phenoxy) is 1. The van der Waals surface area contributed by atoms with Gasteiger partial charge in [-0.15, -0.1) is 0 Å². The molecule has 146 valence electrons. The van der Waals surface area contributed by atoms with Gasteiger partial charge in [0.25, 0.3) is 0 Å². The van der Waals surface area contributed by atoms with Crippen molar-refractivity contribution in [3.63, 3.8) is 0 Å². The molecule has 0 spiro atoms. The van der Waals surface area contributed by atoms with Gasteiger partial charge >= 0.3 is 165 Å². The number of aromatic nitrogens is 1. The summed E-state index contributed by atoms with van der Waals surface area (Å²) in [6.07, 6.45) is 1.24. The maximum atomic E-state index is 14.3. The van der Waals surface area contributed by atoms with Gasteiger partial charge < -0.3 is 0 Å². The molecular formula is C17H13F3IN5O2. The fourth-order valence-corrected chi connectivity index (χ4v) is 6.02. The van der Waals surface area contributed by atoms with Gasteiger partial charge in [-0.3, -0.25) is 0 Å². The van der Waals surface area contributed by atoms with E-state index in [-0.39, 0.29) is 29.6 Å². The number of nitrogens with zero attached hydrogens (tertiary/aromatic N) is 3. The molecule has 7 nitrogen and oxygen atoms in total. The molecule has 11 heteroatoms. The van der Waals surface area contributed by atoms with Crippen LogP contribution in [0.3, 0.4) is 0 Å². The Hall–Kier alpha value is -2.88. The van der Waals surface area contributed by atoms with Crippen LogP contribution < -0.4 is 11.1 Å². The number of amides is 1. The second kappa shape index (κ2) is 8.42. The zero-order chi connectivity index (χ0) is 20.3. The Morgan fingerprint density at radius 2 is 2.18 bits per heavy atom. The maximum absolute atomic E-state index is 14.3. The SMILES string of the molecule is N#Cc1ccc(C(=O)Nc2ccc(F)c(C3COC(N)=NI3C(F)F)c2)nc1. The van der Waals surface area contributed by atoms with Crippen LogP contribution in [0.5, 0.6) is 0 Å². The molecule has 0 bridgehead atoms. The van der Waals surface area contributed by atoms with E-state index in [0.717, 1.165) is 6.07 Å². The molecular weight excluding hydrogens is 490 g/mol. The van der Waals surface area contributed by atoms with Crippen LogP contribution in [0, 0.1) is 17.1 Å². The summed E-state index contributed by atoms with van der Waals surface area (Å²) >= 11 is -3.35. The molecule has 28 heavy (non-hydrogen) atoms. The number of rotatable bonds is 4. The number of carbonyl (C=O) groups excluding carboxylic acids is 1. The predicted molar refractivity (Wildman–Crippen MR) is 104 cm³/mol. The molecule has 0 saturated carbocycles. The van der Waals surface area contributed by atoms with Crippen molar-refractivity contribution >= 4 is 37.7 Å². The van der Waals surface area contributed by atoms with Gasteiger partial charge in [-0.05, 0) is 0 Å². The third-order valence-electron chi connectivity index (χ3n) is 3.71. The number of nitriles is 1. The van der Waals surface area contributed by atoms with Crippen molar-refractivity contribution in [1.29, 1.82) is 5.26 Å². The third kappa shape index (κ3) is 4.33. The molecule has 1 aliphatic heterocycles. The van der Waals surface area contributed by atoms with Crippen molar-refractivity contribution in [3.8, 4) is 6.07 Å². The first-order valence-electron chi connectivity index (χ1n) is 7.78. The van der Waals surface area contributed by atoms with Crippen LogP contribution in [0.4, 0.5) is 18.9 Å². The fraction of sp³-hybridized carbons (Fsp3) is 0.176. The number of alkyl halides is 4. The first-order valence-corrected chi connectivity index (χ1v) is 11.2. The fourth-order valence-electron chi connectivity index (χ4n) is 2.42. The molecule has 2 heterocycles. The van der Waals surface area contributed by atoms with E-state index < -0.39 is 40.2 Å². The predicted octanol–water partition coefficient (Wildman–Crippen LogP) is 3.37. The molecule has 1 atom stereocenters. The normalized spacial score (nSPS) is 17.5. The molecule has 3 rings (SSSR count). The van der Waals surface area contributed by atoms with Crippen LogP contribution in [0.2, 0.25) is 0 Å². The summed E-state index contributed by atoms with van der Waals surface area (Å²) in [6, 6.07) is 8.05. The summed E-state index contributed by atoms with van der Waals surface area (Å²) in [5.41, 5.74) is 5.92. The quantitative estimate of drug-likeness (QED) is 0.491. The Kier molecular flexibility index (Phi) is 5.98. The van der Waals surface area contributed by atoms with Gasteiger partial charge in [0, 0.05) is 0 Å². The van der Waals surface area contributed by atoms with Crippen LogP contribution in [0.1, 0.15) is 25.5 Å². The van der Waals surface area contributed by atoms with Crippen molar-refractivity contribution in [2.24, 2.45) is 8.94 Å². The second-order valence-corrected chi connectivity index (χ2v) is 10.3. The molecule has 1 aromatic heterocycles. The Balaban J connectivity index is 1.85. The van der Waals surface area contributed by atoms with Crippen molar-refractivity contribution in [1.82, 2.24) is 4.98 Å². The number of nitrogens with one attached hydrogen (secondary N) is 1. The Morgan fingerprint density at radius 1 is 1.39 bits per heavy atom. The number of amidine groups is 1. The van der Waals surface area contributed by atoms with E-state index in [1.54, 1.807) is 0 Å². The molecule has 0 aliphatic carbocycles. The molecule has 1 unspecified atom stereocenters. The summed E-state index contributed by atoms with van der Waals surface area (Å²) in [6.45, 7) is -0.198. The van der Waals surface area contributed by atoms with Crippen molar-refractivity contribution in [2.45, 2.75) is 8.36 Å². The average Bonchev–Trinajstić information content (AvgIpc) is 2.69. The second-order valence-electron chi connectivity index (χ2n) is 5.50. The number of hydrogen-bond donors (Lipinski definition) is 2. The zero-order valence-electron chi connectivity index (χ0n) is 14.1. The number of halogens is 4. The molecule has 1 aromatic carbocycles. The summed E-state index contributed by atoms with van der Waals surface area (Å²) in [5.74, 6) is -1.28. The van der Waals surface area contributed by atoms with E-state index in [4.69, 9.17) is 15.7 Å². The minimum atomic E-state index is -3.35. The zero-order valence-corrected chi connectivity index (χ0v) is 16.2. The topological polar surface area (TPSA) is 113 Å². The average molecular weight is 503 g/mol. The van der Waals surface area contributed by atoms with Gasteiger partial charge in [-0.25, -0.2) is 0 Å². The molecule has 0 radical (unpaired) electrons. The van der Waals surface area contributed by atoms with Crippen LogP contribution in [0.25, 0.3) is 0 Å². The molecule has 1 aliphatic rings. The molecule has 1 amide bonds. The van der Waals surface area contributed by atoms with Gasteiger partial charge in [0.2, 0.25) is 0 Å². The van der Waals surface area contributed by atoms with Gasteiger partial charge in [0.1, 0.15) is 0 Å². The van der Waals surface area contributed by atoms with Gasteiger partial charge in [0.15, 0.2) is 0 Å².